The number of halogens is 1. The van der Waals surface area contributed by atoms with E-state index in [4.69, 9.17) is 9.47 Å². The van der Waals surface area contributed by atoms with Gasteiger partial charge in [-0.1, -0.05) is 15.9 Å². The van der Waals surface area contributed by atoms with Crippen LogP contribution in [0.25, 0.3) is 0 Å². The van der Waals surface area contributed by atoms with Gasteiger partial charge in [-0.2, -0.15) is 0 Å². The van der Waals surface area contributed by atoms with Crippen LogP contribution >= 0.6 is 15.9 Å². The first-order valence-electron chi connectivity index (χ1n) is 9.61. The minimum Gasteiger partial charge on any atom is -0.444 e. The van der Waals surface area contributed by atoms with E-state index in [-0.39, 0.29) is 18.2 Å². The van der Waals surface area contributed by atoms with E-state index >= 15 is 0 Å². The van der Waals surface area contributed by atoms with Crippen molar-refractivity contribution in [3.63, 3.8) is 0 Å². The Labute approximate surface area is 176 Å². The van der Waals surface area contributed by atoms with Crippen molar-refractivity contribution >= 4 is 33.8 Å². The molecule has 2 rings (SSSR count). The lowest BCUT2D eigenvalue weighted by Crippen LogP contribution is -2.51. The van der Waals surface area contributed by atoms with Crippen LogP contribution in [0.3, 0.4) is 0 Å². The molecule has 0 radical (unpaired) electrons. The topological polar surface area (TPSA) is 59.1 Å². The van der Waals surface area contributed by atoms with Crippen molar-refractivity contribution in [3.8, 4) is 0 Å². The molecule has 0 aliphatic carbocycles. The maximum Gasteiger partial charge on any atom is 0.415 e. The summed E-state index contributed by atoms with van der Waals surface area (Å²) in [7, 11) is 0. The van der Waals surface area contributed by atoms with E-state index < -0.39 is 11.2 Å². The van der Waals surface area contributed by atoms with Crippen LogP contribution in [0.1, 0.15) is 54.4 Å². The van der Waals surface area contributed by atoms with Gasteiger partial charge in [0.1, 0.15) is 11.2 Å². The third-order valence-electron chi connectivity index (χ3n) is 4.18. The van der Waals surface area contributed by atoms with Gasteiger partial charge < -0.3 is 14.4 Å². The van der Waals surface area contributed by atoms with E-state index in [0.29, 0.717) is 25.9 Å². The zero-order valence-corrected chi connectivity index (χ0v) is 19.2. The van der Waals surface area contributed by atoms with Gasteiger partial charge in [-0.15, -0.1) is 0 Å². The summed E-state index contributed by atoms with van der Waals surface area (Å²) in [6, 6.07) is 7.56. The van der Waals surface area contributed by atoms with Crippen molar-refractivity contribution < 1.29 is 19.1 Å². The number of rotatable bonds is 2. The number of likely N-dealkylation sites (tertiary alicyclic amines) is 1. The molecule has 0 spiro atoms. The van der Waals surface area contributed by atoms with Gasteiger partial charge in [0, 0.05) is 29.3 Å². The molecule has 0 aromatic heterocycles. The number of piperidine rings is 1. The van der Waals surface area contributed by atoms with Gasteiger partial charge in [-0.25, -0.2) is 9.59 Å². The second-order valence-electron chi connectivity index (χ2n) is 9.03. The van der Waals surface area contributed by atoms with Crippen LogP contribution in [0.15, 0.2) is 28.7 Å². The molecular weight excluding hydrogens is 424 g/mol. The van der Waals surface area contributed by atoms with Crippen molar-refractivity contribution in [1.82, 2.24) is 4.90 Å². The van der Waals surface area contributed by atoms with E-state index in [1.54, 1.807) is 9.80 Å². The Bertz CT molecular complexity index is 684. The first kappa shape index (κ1) is 22.5. The predicted octanol–water partition coefficient (Wildman–Crippen LogP) is 5.59. The van der Waals surface area contributed by atoms with E-state index in [2.05, 4.69) is 15.9 Å². The largest absolute Gasteiger partial charge is 0.444 e. The molecule has 1 aromatic rings. The van der Waals surface area contributed by atoms with Gasteiger partial charge in [-0.05, 0) is 78.6 Å². The number of nitrogens with zero attached hydrogens (tertiary/aromatic N) is 2. The number of carbonyl (C=O) groups is 2. The van der Waals surface area contributed by atoms with Crippen LogP contribution in [0, 0.1) is 0 Å². The molecule has 1 heterocycles. The van der Waals surface area contributed by atoms with Crippen molar-refractivity contribution in [1.29, 1.82) is 0 Å². The van der Waals surface area contributed by atoms with Crippen LogP contribution in [0.4, 0.5) is 15.3 Å². The Kier molecular flexibility index (Phi) is 7.02. The number of carbonyl (C=O) groups excluding carboxylic acids is 2. The molecule has 28 heavy (non-hydrogen) atoms. The average molecular weight is 455 g/mol. The first-order chi connectivity index (χ1) is 12.9. The number of anilines is 1. The zero-order valence-electron chi connectivity index (χ0n) is 17.6. The van der Waals surface area contributed by atoms with Crippen LogP contribution < -0.4 is 4.90 Å². The summed E-state index contributed by atoms with van der Waals surface area (Å²) >= 11 is 3.43. The van der Waals surface area contributed by atoms with Gasteiger partial charge in [0.05, 0.1) is 0 Å². The molecule has 156 valence electrons. The van der Waals surface area contributed by atoms with E-state index in [9.17, 15) is 9.59 Å². The highest BCUT2D eigenvalue weighted by Crippen LogP contribution is 2.28. The molecular formula is C21H31BrN2O4. The summed E-state index contributed by atoms with van der Waals surface area (Å²) in [6.07, 6.45) is 0.646. The molecule has 1 aliphatic heterocycles. The fraction of sp³-hybridized carbons (Fsp3) is 0.619. The van der Waals surface area contributed by atoms with Crippen molar-refractivity contribution in [2.75, 3.05) is 18.0 Å². The molecule has 1 aromatic carbocycles. The van der Waals surface area contributed by atoms with E-state index in [1.807, 2.05) is 65.8 Å². The maximum absolute atomic E-state index is 12.9. The fourth-order valence-corrected chi connectivity index (χ4v) is 3.28. The Morgan fingerprint density at radius 3 is 1.93 bits per heavy atom. The van der Waals surface area contributed by atoms with E-state index in [0.717, 1.165) is 10.2 Å². The Morgan fingerprint density at radius 2 is 1.46 bits per heavy atom. The van der Waals surface area contributed by atoms with Crippen molar-refractivity contribution in [3.05, 3.63) is 28.7 Å². The van der Waals surface area contributed by atoms with Gasteiger partial charge >= 0.3 is 12.2 Å². The minimum absolute atomic E-state index is 0.0466. The van der Waals surface area contributed by atoms with Crippen molar-refractivity contribution in [2.45, 2.75) is 71.6 Å². The van der Waals surface area contributed by atoms with Gasteiger partial charge in [0.15, 0.2) is 0 Å². The molecule has 0 saturated carbocycles. The zero-order chi connectivity index (χ0) is 21.1. The minimum atomic E-state index is -0.581. The standard InChI is InChI=1S/C21H31BrN2O4/c1-20(2,3)27-18(25)23-13-11-17(12-14-23)24(19(26)28-21(4,5)6)16-9-7-15(22)8-10-16/h7-10,17H,11-14H2,1-6H3. The Hall–Kier alpha value is -1.76. The number of benzene rings is 1. The molecule has 6 nitrogen and oxygen atoms in total. The molecule has 1 saturated heterocycles. The molecule has 1 fully saturated rings. The van der Waals surface area contributed by atoms with E-state index in [1.165, 1.54) is 0 Å². The summed E-state index contributed by atoms with van der Waals surface area (Å²) in [5.41, 5.74) is -0.316. The summed E-state index contributed by atoms with van der Waals surface area (Å²) in [6.45, 7) is 12.2. The van der Waals surface area contributed by atoms with Crippen LogP contribution in [-0.4, -0.2) is 47.4 Å². The molecule has 0 atom stereocenters. The molecule has 7 heteroatoms. The lowest BCUT2D eigenvalue weighted by atomic mass is 10.0. The monoisotopic (exact) mass is 454 g/mol. The first-order valence-corrected chi connectivity index (χ1v) is 10.4. The molecule has 0 N–H and O–H groups in total. The predicted molar refractivity (Wildman–Crippen MR) is 114 cm³/mol. The SMILES string of the molecule is CC(C)(C)OC(=O)N1CCC(N(C(=O)OC(C)(C)C)c2ccc(Br)cc2)CC1. The van der Waals surface area contributed by atoms with Crippen LogP contribution in [-0.2, 0) is 9.47 Å². The number of hydrogen-bond donors (Lipinski definition) is 0. The third kappa shape index (κ3) is 6.69. The van der Waals surface area contributed by atoms with Gasteiger partial charge in [-0.3, -0.25) is 4.90 Å². The number of amides is 2. The van der Waals surface area contributed by atoms with Crippen LogP contribution in [0.2, 0.25) is 0 Å². The Morgan fingerprint density at radius 1 is 0.964 bits per heavy atom. The quantitative estimate of drug-likeness (QED) is 0.584. The van der Waals surface area contributed by atoms with Gasteiger partial charge in [0.2, 0.25) is 0 Å². The molecule has 1 aliphatic rings. The maximum atomic E-state index is 12.9. The third-order valence-corrected chi connectivity index (χ3v) is 4.70. The fourth-order valence-electron chi connectivity index (χ4n) is 3.01. The summed E-state index contributed by atoms with van der Waals surface area (Å²) in [4.78, 5) is 28.7. The average Bonchev–Trinajstić information content (AvgIpc) is 2.54. The second kappa shape index (κ2) is 8.72. The smallest absolute Gasteiger partial charge is 0.415 e. The summed E-state index contributed by atoms with van der Waals surface area (Å²) in [5.74, 6) is 0. The normalized spacial score (nSPS) is 15.9. The Balaban J connectivity index is 2.13. The highest BCUT2D eigenvalue weighted by Gasteiger charge is 2.34. The van der Waals surface area contributed by atoms with Gasteiger partial charge in [0.25, 0.3) is 0 Å². The lowest BCUT2D eigenvalue weighted by molar-refractivity contribution is 0.0200. The van der Waals surface area contributed by atoms with Crippen LogP contribution in [0.5, 0.6) is 0 Å². The van der Waals surface area contributed by atoms with Crippen molar-refractivity contribution in [2.24, 2.45) is 0 Å². The highest BCUT2D eigenvalue weighted by molar-refractivity contribution is 9.10. The number of hydrogen-bond acceptors (Lipinski definition) is 4. The summed E-state index contributed by atoms with van der Waals surface area (Å²) in [5, 5.41) is 0. The molecule has 0 unspecified atom stereocenters. The molecule has 0 bridgehead atoms. The molecule has 2 amide bonds. The summed E-state index contributed by atoms with van der Waals surface area (Å²) < 4.78 is 12.1. The highest BCUT2D eigenvalue weighted by atomic mass is 79.9. The lowest BCUT2D eigenvalue weighted by Gasteiger charge is -2.39. The second-order valence-corrected chi connectivity index (χ2v) is 9.94. The number of ether oxygens (including phenoxy) is 2.